The van der Waals surface area contributed by atoms with Crippen LogP contribution in [0.25, 0.3) is 21.9 Å². The molecule has 4 heteroatoms. The summed E-state index contributed by atoms with van der Waals surface area (Å²) in [6.07, 6.45) is 0. The zero-order valence-corrected chi connectivity index (χ0v) is 25.7. The highest BCUT2D eigenvalue weighted by atomic mass is 16.5. The van der Waals surface area contributed by atoms with Crippen LogP contribution in [0.5, 0.6) is 23.0 Å². The first kappa shape index (κ1) is 26.6. The third-order valence-electron chi connectivity index (χ3n) is 9.33. The number of hydrogen-bond donors (Lipinski definition) is 0. The molecule has 0 atom stereocenters. The fourth-order valence-corrected chi connectivity index (χ4v) is 7.03. The van der Waals surface area contributed by atoms with Crippen molar-refractivity contribution in [3.63, 3.8) is 0 Å². The third-order valence-corrected chi connectivity index (χ3v) is 9.33. The first-order chi connectivity index (χ1) is 22.6. The molecule has 0 saturated carbocycles. The van der Waals surface area contributed by atoms with Crippen LogP contribution in [0.1, 0.15) is 11.1 Å². The molecule has 3 nitrogen and oxygen atoms in total. The number of fused-ring (bicyclic) bond motifs is 6. The minimum atomic E-state index is 0.0267. The van der Waals surface area contributed by atoms with Crippen LogP contribution in [-0.4, -0.2) is 6.71 Å². The van der Waals surface area contributed by atoms with Gasteiger partial charge in [-0.25, -0.2) is 0 Å². The minimum Gasteiger partial charge on any atom is -0.458 e. The first-order valence-corrected chi connectivity index (χ1v) is 15.8. The molecule has 9 rings (SSSR count). The van der Waals surface area contributed by atoms with Crippen LogP contribution in [-0.2, 0) is 0 Å². The quantitative estimate of drug-likeness (QED) is 0.191. The minimum absolute atomic E-state index is 0.0267. The topological polar surface area (TPSA) is 21.7 Å². The normalized spacial score (nSPS) is 12.4. The van der Waals surface area contributed by atoms with Crippen molar-refractivity contribution in [1.82, 2.24) is 0 Å². The Morgan fingerprint density at radius 1 is 0.457 bits per heavy atom. The van der Waals surface area contributed by atoms with Gasteiger partial charge < -0.3 is 14.4 Å². The number of ether oxygens (including phenoxy) is 2. The van der Waals surface area contributed by atoms with E-state index in [0.29, 0.717) is 0 Å². The van der Waals surface area contributed by atoms with E-state index in [9.17, 15) is 0 Å². The Kier molecular flexibility index (Phi) is 6.04. The van der Waals surface area contributed by atoms with E-state index in [2.05, 4.69) is 158 Å². The number of nitrogens with zero attached hydrogens (tertiary/aromatic N) is 1. The summed E-state index contributed by atoms with van der Waals surface area (Å²) >= 11 is 0. The Bertz CT molecular complexity index is 2210. The maximum atomic E-state index is 6.72. The molecular formula is C42H30BNO2. The highest BCUT2D eigenvalue weighted by molar-refractivity contribution is 6.99. The maximum Gasteiger partial charge on any atom is 0.261 e. The SMILES string of the molecule is Cc1ccc(N(c2ccc(C)cc2)c2ccc(-c3cc4c5c(c3)Oc3ccc6ccccc6c3B5c3ccccc3O4)cc2)cc1. The number of hydrogen-bond acceptors (Lipinski definition) is 3. The summed E-state index contributed by atoms with van der Waals surface area (Å²) in [6, 6.07) is 51.7. The Labute approximate surface area is 269 Å². The Morgan fingerprint density at radius 3 is 1.70 bits per heavy atom. The fraction of sp³-hybridized carbons (Fsp3) is 0.0476. The summed E-state index contributed by atoms with van der Waals surface area (Å²) in [5.41, 5.74) is 11.4. The van der Waals surface area contributed by atoms with E-state index in [1.807, 2.05) is 6.07 Å². The van der Waals surface area contributed by atoms with Gasteiger partial charge in [-0.15, -0.1) is 0 Å². The lowest BCUT2D eigenvalue weighted by molar-refractivity contribution is 0.465. The molecule has 0 aromatic heterocycles. The van der Waals surface area contributed by atoms with Crippen LogP contribution < -0.4 is 30.8 Å². The van der Waals surface area contributed by atoms with Gasteiger partial charge in [0.15, 0.2) is 0 Å². The Balaban J connectivity index is 1.15. The van der Waals surface area contributed by atoms with Gasteiger partial charge in [-0.05, 0) is 107 Å². The van der Waals surface area contributed by atoms with Gasteiger partial charge in [0.1, 0.15) is 23.0 Å². The van der Waals surface area contributed by atoms with Crippen molar-refractivity contribution in [2.24, 2.45) is 0 Å². The fourth-order valence-electron chi connectivity index (χ4n) is 7.03. The molecule has 0 saturated heterocycles. The van der Waals surface area contributed by atoms with Crippen molar-refractivity contribution in [3.05, 3.63) is 157 Å². The zero-order valence-electron chi connectivity index (χ0n) is 25.7. The molecule has 2 heterocycles. The van der Waals surface area contributed by atoms with Crippen molar-refractivity contribution in [2.45, 2.75) is 13.8 Å². The molecule has 0 radical (unpaired) electrons. The van der Waals surface area contributed by atoms with Gasteiger partial charge in [0, 0.05) is 22.5 Å². The van der Waals surface area contributed by atoms with Gasteiger partial charge in [-0.1, -0.05) is 96.1 Å². The number of anilines is 3. The van der Waals surface area contributed by atoms with Crippen molar-refractivity contribution in [1.29, 1.82) is 0 Å². The summed E-state index contributed by atoms with van der Waals surface area (Å²) in [4.78, 5) is 2.30. The second-order valence-electron chi connectivity index (χ2n) is 12.3. The molecule has 0 bridgehead atoms. The summed E-state index contributed by atoms with van der Waals surface area (Å²) in [5, 5.41) is 2.42. The lowest BCUT2D eigenvalue weighted by Gasteiger charge is -2.34. The van der Waals surface area contributed by atoms with E-state index < -0.39 is 0 Å². The van der Waals surface area contributed by atoms with E-state index in [-0.39, 0.29) is 6.71 Å². The summed E-state index contributed by atoms with van der Waals surface area (Å²) < 4.78 is 13.3. The van der Waals surface area contributed by atoms with Gasteiger partial charge in [0.25, 0.3) is 6.71 Å². The zero-order chi connectivity index (χ0) is 30.8. The van der Waals surface area contributed by atoms with E-state index in [1.54, 1.807) is 0 Å². The maximum absolute atomic E-state index is 6.72. The highest BCUT2D eigenvalue weighted by Crippen LogP contribution is 2.41. The highest BCUT2D eigenvalue weighted by Gasteiger charge is 2.41. The van der Waals surface area contributed by atoms with Gasteiger partial charge >= 0.3 is 0 Å². The van der Waals surface area contributed by atoms with E-state index in [0.717, 1.165) is 56.6 Å². The number of aryl methyl sites for hydroxylation is 2. The lowest BCUT2D eigenvalue weighted by atomic mass is 9.34. The number of rotatable bonds is 4. The lowest BCUT2D eigenvalue weighted by Crippen LogP contribution is -2.57. The molecule has 7 aromatic carbocycles. The van der Waals surface area contributed by atoms with Crippen molar-refractivity contribution < 1.29 is 9.47 Å². The second kappa shape index (κ2) is 10.4. The van der Waals surface area contributed by atoms with Crippen LogP contribution in [0.3, 0.4) is 0 Å². The molecule has 0 spiro atoms. The number of para-hydroxylation sites is 1. The molecule has 0 unspecified atom stereocenters. The second-order valence-corrected chi connectivity index (χ2v) is 12.3. The molecular weight excluding hydrogens is 561 g/mol. The first-order valence-electron chi connectivity index (χ1n) is 15.8. The molecule has 0 fully saturated rings. The molecule has 218 valence electrons. The largest absolute Gasteiger partial charge is 0.458 e. The third kappa shape index (κ3) is 4.29. The van der Waals surface area contributed by atoms with Crippen molar-refractivity contribution in [2.75, 3.05) is 4.90 Å². The molecule has 0 aliphatic carbocycles. The predicted molar refractivity (Wildman–Crippen MR) is 191 cm³/mol. The van der Waals surface area contributed by atoms with Crippen molar-refractivity contribution in [3.8, 4) is 34.1 Å². The Hall–Kier alpha value is -5.74. The number of benzene rings is 7. The van der Waals surface area contributed by atoms with E-state index >= 15 is 0 Å². The monoisotopic (exact) mass is 591 g/mol. The summed E-state index contributed by atoms with van der Waals surface area (Å²) in [6.45, 7) is 4.27. The van der Waals surface area contributed by atoms with Crippen molar-refractivity contribution >= 4 is 50.9 Å². The van der Waals surface area contributed by atoms with Crippen LogP contribution in [0.2, 0.25) is 0 Å². The summed E-state index contributed by atoms with van der Waals surface area (Å²) in [5.74, 6) is 3.49. The van der Waals surface area contributed by atoms with Crippen LogP contribution in [0.15, 0.2) is 146 Å². The predicted octanol–water partition coefficient (Wildman–Crippen LogP) is 9.32. The molecule has 7 aromatic rings. The van der Waals surface area contributed by atoms with Gasteiger partial charge in [0.05, 0.1) is 0 Å². The average molecular weight is 592 g/mol. The summed E-state index contributed by atoms with van der Waals surface area (Å²) in [7, 11) is 0. The standard InChI is InChI=1S/C42H30BNO2/c1-27-11-18-32(19-12-27)44(33-20-13-28(2)14-21-33)34-22-15-29(16-23-34)31-25-39-42-40(26-31)46-38-24-17-30-7-3-4-8-35(30)41(38)43(42)36-9-5-6-10-37(36)45-39/h3-26H,1-2H3. The van der Waals surface area contributed by atoms with Gasteiger partial charge in [-0.2, -0.15) is 0 Å². The van der Waals surface area contributed by atoms with Crippen LogP contribution >= 0.6 is 0 Å². The molecule has 0 amide bonds. The molecule has 2 aliphatic rings. The molecule has 0 N–H and O–H groups in total. The van der Waals surface area contributed by atoms with Crippen LogP contribution in [0, 0.1) is 13.8 Å². The average Bonchev–Trinajstić information content (AvgIpc) is 3.10. The molecule has 46 heavy (non-hydrogen) atoms. The van der Waals surface area contributed by atoms with Crippen LogP contribution in [0.4, 0.5) is 17.1 Å². The smallest absolute Gasteiger partial charge is 0.261 e. The van der Waals surface area contributed by atoms with Gasteiger partial charge in [-0.3, -0.25) is 0 Å². The van der Waals surface area contributed by atoms with E-state index in [4.69, 9.17) is 9.47 Å². The Morgan fingerprint density at radius 2 is 1.02 bits per heavy atom. The van der Waals surface area contributed by atoms with E-state index in [1.165, 1.54) is 32.8 Å². The van der Waals surface area contributed by atoms with Gasteiger partial charge in [0.2, 0.25) is 0 Å². The molecule has 2 aliphatic heterocycles.